The summed E-state index contributed by atoms with van der Waals surface area (Å²) in [6, 6.07) is 10.1. The van der Waals surface area contributed by atoms with Crippen molar-refractivity contribution in [3.05, 3.63) is 36.0 Å². The number of hydrogen-bond donors (Lipinski definition) is 2. The van der Waals surface area contributed by atoms with Crippen LogP contribution < -0.4 is 10.1 Å². The Morgan fingerprint density at radius 1 is 1.21 bits per heavy atom. The van der Waals surface area contributed by atoms with Crippen LogP contribution in [0, 0.1) is 6.92 Å². The number of fused-ring (bicyclic) bond motifs is 1. The smallest absolute Gasteiger partial charge is 0.318 e. The van der Waals surface area contributed by atoms with Crippen molar-refractivity contribution in [3.63, 3.8) is 0 Å². The Hall–Kier alpha value is -2.67. The molecule has 0 atom stereocenters. The maximum absolute atomic E-state index is 5.73. The summed E-state index contributed by atoms with van der Waals surface area (Å²) >= 11 is 0. The van der Waals surface area contributed by atoms with Crippen LogP contribution in [0.2, 0.25) is 0 Å². The molecule has 24 heavy (non-hydrogen) atoms. The van der Waals surface area contributed by atoms with Gasteiger partial charge in [0.05, 0.1) is 12.1 Å². The van der Waals surface area contributed by atoms with Gasteiger partial charge in [0.25, 0.3) is 0 Å². The Labute approximate surface area is 141 Å². The van der Waals surface area contributed by atoms with Crippen LogP contribution >= 0.6 is 0 Å². The molecule has 126 valence electrons. The molecular formula is C17H22N6O. The van der Waals surface area contributed by atoms with Gasteiger partial charge in [0.1, 0.15) is 5.82 Å². The molecule has 0 bridgehead atoms. The highest BCUT2D eigenvalue weighted by molar-refractivity contribution is 5.90. The fraction of sp³-hybridized carbons (Fsp3) is 0.353. The third kappa shape index (κ3) is 3.99. The fourth-order valence-corrected chi connectivity index (χ4v) is 2.36. The van der Waals surface area contributed by atoms with E-state index in [2.05, 4.69) is 30.4 Å². The van der Waals surface area contributed by atoms with Crippen LogP contribution in [0.15, 0.2) is 30.3 Å². The summed E-state index contributed by atoms with van der Waals surface area (Å²) in [4.78, 5) is 11.1. The van der Waals surface area contributed by atoms with Gasteiger partial charge in [-0.2, -0.15) is 15.1 Å². The van der Waals surface area contributed by atoms with E-state index in [9.17, 15) is 0 Å². The largest absolute Gasteiger partial charge is 0.463 e. The van der Waals surface area contributed by atoms with Gasteiger partial charge >= 0.3 is 6.01 Å². The maximum atomic E-state index is 5.73. The van der Waals surface area contributed by atoms with E-state index in [1.54, 1.807) is 0 Å². The van der Waals surface area contributed by atoms with Crippen molar-refractivity contribution in [1.82, 2.24) is 25.1 Å². The number of para-hydroxylation sites is 1. The molecule has 2 N–H and O–H groups in total. The Morgan fingerprint density at radius 3 is 2.79 bits per heavy atom. The van der Waals surface area contributed by atoms with Crippen molar-refractivity contribution in [2.45, 2.75) is 13.3 Å². The zero-order valence-corrected chi connectivity index (χ0v) is 14.2. The summed E-state index contributed by atoms with van der Waals surface area (Å²) in [5, 5.41) is 11.3. The van der Waals surface area contributed by atoms with E-state index >= 15 is 0 Å². The van der Waals surface area contributed by atoms with Crippen LogP contribution in [0.1, 0.15) is 12.1 Å². The molecule has 0 amide bonds. The predicted molar refractivity (Wildman–Crippen MR) is 94.8 cm³/mol. The zero-order valence-electron chi connectivity index (χ0n) is 14.2. The van der Waals surface area contributed by atoms with Crippen molar-refractivity contribution in [2.75, 3.05) is 32.6 Å². The monoisotopic (exact) mass is 326 g/mol. The van der Waals surface area contributed by atoms with Crippen molar-refractivity contribution in [2.24, 2.45) is 0 Å². The average Bonchev–Trinajstić information content (AvgIpc) is 2.96. The van der Waals surface area contributed by atoms with Crippen molar-refractivity contribution >= 4 is 22.5 Å². The third-order valence-corrected chi connectivity index (χ3v) is 3.52. The van der Waals surface area contributed by atoms with Crippen LogP contribution in [0.4, 0.5) is 11.6 Å². The topological polar surface area (TPSA) is 79.0 Å². The van der Waals surface area contributed by atoms with E-state index in [1.165, 1.54) is 0 Å². The Morgan fingerprint density at radius 2 is 2.04 bits per heavy atom. The molecule has 0 spiro atoms. The molecule has 2 aromatic heterocycles. The lowest BCUT2D eigenvalue weighted by Crippen LogP contribution is -2.16. The number of nitrogens with zero attached hydrogens (tertiary/aromatic N) is 4. The van der Waals surface area contributed by atoms with Gasteiger partial charge in [-0.15, -0.1) is 0 Å². The molecule has 1 aromatic carbocycles. The number of hydrogen-bond acceptors (Lipinski definition) is 6. The molecular weight excluding hydrogens is 304 g/mol. The molecule has 0 aliphatic heterocycles. The Balaban J connectivity index is 1.82. The number of aromatic amines is 1. The van der Waals surface area contributed by atoms with Gasteiger partial charge in [0.15, 0.2) is 5.82 Å². The molecule has 7 heteroatoms. The van der Waals surface area contributed by atoms with Gasteiger partial charge < -0.3 is 15.0 Å². The van der Waals surface area contributed by atoms with E-state index < -0.39 is 0 Å². The van der Waals surface area contributed by atoms with E-state index in [0.717, 1.165) is 35.4 Å². The number of aryl methyl sites for hydroxylation is 1. The first kappa shape index (κ1) is 16.2. The number of benzene rings is 1. The van der Waals surface area contributed by atoms with Gasteiger partial charge in [-0.25, -0.2) is 0 Å². The van der Waals surface area contributed by atoms with Crippen molar-refractivity contribution < 1.29 is 4.74 Å². The molecule has 0 aliphatic carbocycles. The molecule has 0 radical (unpaired) electrons. The summed E-state index contributed by atoms with van der Waals surface area (Å²) in [5.41, 5.74) is 1.82. The first-order valence-electron chi connectivity index (χ1n) is 7.95. The molecule has 0 aliphatic rings. The van der Waals surface area contributed by atoms with E-state index in [-0.39, 0.29) is 0 Å². The Kier molecular flexibility index (Phi) is 4.90. The molecule has 0 saturated carbocycles. The SMILES string of the molecule is Cc1cc(Nc2nc(OCCCN(C)C)nc3ccccc23)n[nH]1. The van der Waals surface area contributed by atoms with Crippen LogP contribution in [-0.2, 0) is 0 Å². The average molecular weight is 326 g/mol. The quantitative estimate of drug-likeness (QED) is 0.650. The minimum absolute atomic E-state index is 0.377. The van der Waals surface area contributed by atoms with Gasteiger partial charge in [-0.3, -0.25) is 5.10 Å². The first-order chi connectivity index (χ1) is 11.6. The number of nitrogens with one attached hydrogen (secondary N) is 2. The van der Waals surface area contributed by atoms with Crippen LogP contribution in [0.25, 0.3) is 10.9 Å². The number of ether oxygens (including phenoxy) is 1. The lowest BCUT2D eigenvalue weighted by Gasteiger charge is -2.11. The highest BCUT2D eigenvalue weighted by atomic mass is 16.5. The van der Waals surface area contributed by atoms with Gasteiger partial charge in [-0.05, 0) is 39.6 Å². The van der Waals surface area contributed by atoms with Gasteiger partial charge in [-0.1, -0.05) is 12.1 Å². The molecule has 0 unspecified atom stereocenters. The van der Waals surface area contributed by atoms with Crippen LogP contribution in [-0.4, -0.2) is 52.3 Å². The predicted octanol–water partition coefficient (Wildman–Crippen LogP) is 2.74. The van der Waals surface area contributed by atoms with Crippen LogP contribution in [0.5, 0.6) is 6.01 Å². The summed E-state index contributed by atoms with van der Waals surface area (Å²) in [5.74, 6) is 1.41. The Bertz CT molecular complexity index is 814. The lowest BCUT2D eigenvalue weighted by atomic mass is 10.2. The second-order valence-corrected chi connectivity index (χ2v) is 5.94. The highest BCUT2D eigenvalue weighted by Crippen LogP contribution is 2.25. The fourth-order valence-electron chi connectivity index (χ4n) is 2.36. The minimum atomic E-state index is 0.377. The molecule has 3 aromatic rings. The summed E-state index contributed by atoms with van der Waals surface area (Å²) in [6.07, 6.45) is 0.921. The van der Waals surface area contributed by atoms with E-state index in [4.69, 9.17) is 4.74 Å². The maximum Gasteiger partial charge on any atom is 0.318 e. The zero-order chi connectivity index (χ0) is 16.9. The molecule has 2 heterocycles. The van der Waals surface area contributed by atoms with E-state index in [0.29, 0.717) is 18.4 Å². The van der Waals surface area contributed by atoms with Gasteiger partial charge in [0.2, 0.25) is 0 Å². The lowest BCUT2D eigenvalue weighted by molar-refractivity contribution is 0.265. The third-order valence-electron chi connectivity index (χ3n) is 3.52. The molecule has 3 rings (SSSR count). The standard InChI is InChI=1S/C17H22N6O/c1-12-11-15(22-21-12)19-16-13-7-4-5-8-14(13)18-17(20-16)24-10-6-9-23(2)3/h4-5,7-8,11H,6,9-10H2,1-3H3,(H2,18,19,20,21,22). The van der Waals surface area contributed by atoms with Gasteiger partial charge in [0, 0.05) is 23.7 Å². The number of H-pyrrole nitrogens is 1. The van der Waals surface area contributed by atoms with E-state index in [1.807, 2.05) is 51.4 Å². The molecule has 0 saturated heterocycles. The number of rotatable bonds is 7. The normalized spacial score (nSPS) is 11.2. The van der Waals surface area contributed by atoms with Crippen LogP contribution in [0.3, 0.4) is 0 Å². The number of anilines is 2. The summed E-state index contributed by atoms with van der Waals surface area (Å²) < 4.78 is 5.73. The van der Waals surface area contributed by atoms with Crippen molar-refractivity contribution in [3.8, 4) is 6.01 Å². The molecule has 7 nitrogen and oxygen atoms in total. The second kappa shape index (κ2) is 7.27. The molecule has 0 fully saturated rings. The highest BCUT2D eigenvalue weighted by Gasteiger charge is 2.10. The summed E-state index contributed by atoms with van der Waals surface area (Å²) in [7, 11) is 4.08. The first-order valence-corrected chi connectivity index (χ1v) is 7.95. The minimum Gasteiger partial charge on any atom is -0.463 e. The second-order valence-electron chi connectivity index (χ2n) is 5.94. The van der Waals surface area contributed by atoms with Crippen molar-refractivity contribution in [1.29, 1.82) is 0 Å². The number of aromatic nitrogens is 4. The summed E-state index contributed by atoms with van der Waals surface area (Å²) in [6.45, 7) is 3.50.